The second-order valence-corrected chi connectivity index (χ2v) is 5.88. The molecule has 1 aromatic heterocycles. The Morgan fingerprint density at radius 1 is 1.48 bits per heavy atom. The van der Waals surface area contributed by atoms with Gasteiger partial charge in [-0.25, -0.2) is 0 Å². The first-order valence-corrected chi connectivity index (χ1v) is 8.01. The minimum Gasteiger partial charge on any atom is -0.481 e. The molecule has 1 heterocycles. The number of hydrogen-bond donors (Lipinski definition) is 3. The molecule has 0 radical (unpaired) electrons. The Morgan fingerprint density at radius 2 is 2.29 bits per heavy atom. The molecule has 0 spiro atoms. The van der Waals surface area contributed by atoms with Crippen molar-refractivity contribution in [3.8, 4) is 0 Å². The van der Waals surface area contributed by atoms with Gasteiger partial charge in [-0.05, 0) is 19.3 Å². The predicted molar refractivity (Wildman–Crippen MR) is 78.1 cm³/mol. The highest BCUT2D eigenvalue weighted by molar-refractivity contribution is 8.00. The van der Waals surface area contributed by atoms with Gasteiger partial charge >= 0.3 is 5.97 Å². The zero-order chi connectivity index (χ0) is 15.2. The van der Waals surface area contributed by atoms with Gasteiger partial charge in [0, 0.05) is 11.3 Å². The summed E-state index contributed by atoms with van der Waals surface area (Å²) in [6.45, 7) is 0.501. The Bertz CT molecular complexity index is 518. The lowest BCUT2D eigenvalue weighted by Crippen LogP contribution is -2.32. The number of carbonyl (C=O) groups is 2. The summed E-state index contributed by atoms with van der Waals surface area (Å²) in [6.07, 6.45) is 4.46. The number of carbonyl (C=O) groups excluding carboxylic acids is 1. The molecular formula is C13H19N3O4S. The number of fused-ring (bicyclic) bond motifs is 1. The molecule has 0 saturated heterocycles. The Kier molecular flexibility index (Phi) is 5.63. The molecular weight excluding hydrogens is 294 g/mol. The highest BCUT2D eigenvalue weighted by Crippen LogP contribution is 2.29. The van der Waals surface area contributed by atoms with E-state index in [9.17, 15) is 9.59 Å². The molecule has 8 heteroatoms. The average Bonchev–Trinajstić information content (AvgIpc) is 2.83. The maximum atomic E-state index is 11.8. The Balaban J connectivity index is 1.93. The van der Waals surface area contributed by atoms with Crippen LogP contribution in [0.15, 0.2) is 6.20 Å². The van der Waals surface area contributed by atoms with Crippen molar-refractivity contribution in [2.24, 2.45) is 0 Å². The molecule has 0 bridgehead atoms. The van der Waals surface area contributed by atoms with Gasteiger partial charge in [0.1, 0.15) is 0 Å². The third kappa shape index (κ3) is 4.21. The zero-order valence-corrected chi connectivity index (χ0v) is 12.4. The lowest BCUT2D eigenvalue weighted by molar-refractivity contribution is -0.133. The van der Waals surface area contributed by atoms with Gasteiger partial charge in [-0.1, -0.05) is 0 Å². The number of aliphatic hydroxyl groups excluding tert-OH is 1. The van der Waals surface area contributed by atoms with E-state index >= 15 is 0 Å². The topological polar surface area (TPSA) is 104 Å². The summed E-state index contributed by atoms with van der Waals surface area (Å²) in [5, 5.41) is 24.7. The van der Waals surface area contributed by atoms with Gasteiger partial charge in [0.25, 0.3) is 0 Å². The monoisotopic (exact) mass is 313 g/mol. The van der Waals surface area contributed by atoms with Crippen LogP contribution in [0, 0.1) is 0 Å². The average molecular weight is 313 g/mol. The second kappa shape index (κ2) is 7.46. The quantitative estimate of drug-likeness (QED) is 0.663. The van der Waals surface area contributed by atoms with Crippen LogP contribution in [0.4, 0.5) is 0 Å². The maximum absolute atomic E-state index is 11.8. The fraction of sp³-hybridized carbons (Fsp3) is 0.615. The Morgan fingerprint density at radius 3 is 3.00 bits per heavy atom. The van der Waals surface area contributed by atoms with E-state index in [0.717, 1.165) is 42.3 Å². The van der Waals surface area contributed by atoms with Crippen LogP contribution in [0.2, 0.25) is 0 Å². The third-order valence-electron chi connectivity index (χ3n) is 3.37. The smallest absolute Gasteiger partial charge is 0.313 e. The molecule has 1 amide bonds. The molecule has 0 aliphatic heterocycles. The van der Waals surface area contributed by atoms with Crippen LogP contribution in [0.5, 0.6) is 0 Å². The number of nitrogens with one attached hydrogen (secondary N) is 1. The van der Waals surface area contributed by atoms with Crippen molar-refractivity contribution >= 4 is 23.6 Å². The van der Waals surface area contributed by atoms with Crippen LogP contribution in [0.3, 0.4) is 0 Å². The van der Waals surface area contributed by atoms with Crippen molar-refractivity contribution in [1.29, 1.82) is 0 Å². The summed E-state index contributed by atoms with van der Waals surface area (Å²) in [4.78, 5) is 22.3. The molecule has 0 saturated carbocycles. The van der Waals surface area contributed by atoms with Crippen molar-refractivity contribution in [2.75, 3.05) is 18.1 Å². The van der Waals surface area contributed by atoms with Crippen LogP contribution < -0.4 is 5.32 Å². The Hall–Kier alpha value is -1.54. The lowest BCUT2D eigenvalue weighted by Gasteiger charge is -2.24. The maximum Gasteiger partial charge on any atom is 0.313 e. The molecule has 2 rings (SSSR count). The van der Waals surface area contributed by atoms with Gasteiger partial charge in [0.15, 0.2) is 0 Å². The number of rotatable bonds is 7. The van der Waals surface area contributed by atoms with Gasteiger partial charge in [-0.15, -0.1) is 11.8 Å². The highest BCUT2D eigenvalue weighted by Gasteiger charge is 2.25. The number of amides is 1. The van der Waals surface area contributed by atoms with Crippen LogP contribution in [0.25, 0.3) is 0 Å². The molecule has 1 aliphatic carbocycles. The van der Waals surface area contributed by atoms with Crippen LogP contribution in [-0.4, -0.2) is 50.0 Å². The minimum atomic E-state index is -0.918. The van der Waals surface area contributed by atoms with Crippen molar-refractivity contribution in [3.05, 3.63) is 17.5 Å². The van der Waals surface area contributed by atoms with Crippen LogP contribution >= 0.6 is 11.8 Å². The molecule has 0 fully saturated rings. The molecule has 116 valence electrons. The number of carboxylic acids is 1. The van der Waals surface area contributed by atoms with Gasteiger partial charge < -0.3 is 15.5 Å². The highest BCUT2D eigenvalue weighted by atomic mass is 32.2. The summed E-state index contributed by atoms with van der Waals surface area (Å²) in [6, 6.07) is -0.0703. The van der Waals surface area contributed by atoms with Gasteiger partial charge in [0.2, 0.25) is 5.91 Å². The van der Waals surface area contributed by atoms with Crippen LogP contribution in [-0.2, 0) is 22.6 Å². The molecule has 21 heavy (non-hydrogen) atoms. The number of aromatic nitrogens is 2. The fourth-order valence-corrected chi connectivity index (χ4v) is 3.07. The summed E-state index contributed by atoms with van der Waals surface area (Å²) in [5.41, 5.74) is 2.07. The van der Waals surface area contributed by atoms with Crippen molar-refractivity contribution < 1.29 is 19.8 Å². The van der Waals surface area contributed by atoms with E-state index in [1.54, 1.807) is 10.9 Å². The van der Waals surface area contributed by atoms with E-state index in [0.29, 0.717) is 6.54 Å². The molecule has 1 aromatic rings. The van der Waals surface area contributed by atoms with Crippen molar-refractivity contribution in [3.63, 3.8) is 0 Å². The number of aliphatic carboxylic acids is 1. The van der Waals surface area contributed by atoms with Crippen LogP contribution in [0.1, 0.15) is 30.1 Å². The van der Waals surface area contributed by atoms with E-state index in [4.69, 9.17) is 10.2 Å². The number of aliphatic hydroxyl groups is 1. The lowest BCUT2D eigenvalue weighted by atomic mass is 9.93. The van der Waals surface area contributed by atoms with E-state index in [2.05, 4.69) is 10.4 Å². The van der Waals surface area contributed by atoms with Gasteiger partial charge in [-0.2, -0.15) is 5.10 Å². The SMILES string of the molecule is O=C(O)CSCC(=O)NC1CCCc2c1cnn2CCO. The molecule has 1 aliphatic rings. The molecule has 3 N–H and O–H groups in total. The van der Waals surface area contributed by atoms with E-state index in [1.807, 2.05) is 0 Å². The van der Waals surface area contributed by atoms with E-state index < -0.39 is 5.97 Å². The largest absolute Gasteiger partial charge is 0.481 e. The molecule has 1 unspecified atom stereocenters. The van der Waals surface area contributed by atoms with Gasteiger partial charge in [0.05, 0.1) is 36.9 Å². The zero-order valence-electron chi connectivity index (χ0n) is 11.6. The first kappa shape index (κ1) is 15.8. The normalized spacial score (nSPS) is 17.3. The predicted octanol–water partition coefficient (Wildman–Crippen LogP) is 0.187. The van der Waals surface area contributed by atoms with E-state index in [1.165, 1.54) is 0 Å². The Labute approximate surface area is 126 Å². The number of thioether (sulfide) groups is 1. The summed E-state index contributed by atoms with van der Waals surface area (Å²) in [7, 11) is 0. The van der Waals surface area contributed by atoms with Crippen molar-refractivity contribution in [2.45, 2.75) is 31.8 Å². The molecule has 7 nitrogen and oxygen atoms in total. The summed E-state index contributed by atoms with van der Waals surface area (Å²) >= 11 is 1.09. The standard InChI is InChI=1S/C13H19N3O4S/c17-5-4-16-11-3-1-2-10(9(11)6-14-16)15-12(18)7-21-8-13(19)20/h6,10,17H,1-5,7-8H2,(H,15,18)(H,19,20). The first-order chi connectivity index (χ1) is 10.1. The molecule has 0 aromatic carbocycles. The third-order valence-corrected chi connectivity index (χ3v) is 4.29. The van der Waals surface area contributed by atoms with Gasteiger partial charge in [-0.3, -0.25) is 14.3 Å². The molecule has 1 atom stereocenters. The number of carboxylic acid groups (broad SMARTS) is 1. The second-order valence-electron chi connectivity index (χ2n) is 4.89. The minimum absolute atomic E-state index is 0.0387. The fourth-order valence-electron chi connectivity index (χ4n) is 2.52. The van der Waals surface area contributed by atoms with Crippen molar-refractivity contribution in [1.82, 2.24) is 15.1 Å². The summed E-state index contributed by atoms with van der Waals surface area (Å²) < 4.78 is 1.78. The number of nitrogens with zero attached hydrogens (tertiary/aromatic N) is 2. The number of hydrogen-bond acceptors (Lipinski definition) is 5. The summed E-state index contributed by atoms with van der Waals surface area (Å²) in [5.74, 6) is -1.01. The first-order valence-electron chi connectivity index (χ1n) is 6.86. The van der Waals surface area contributed by atoms with E-state index in [-0.39, 0.29) is 30.1 Å².